The highest BCUT2D eigenvalue weighted by Gasteiger charge is 2.25. The molecule has 0 aliphatic carbocycles. The van der Waals surface area contributed by atoms with Gasteiger partial charge in [0, 0.05) is 5.56 Å². The van der Waals surface area contributed by atoms with Gasteiger partial charge in [-0.15, -0.1) is 11.3 Å². The average Bonchev–Trinajstić information content (AvgIpc) is 2.86. The molecule has 0 aliphatic heterocycles. The molecule has 5 nitrogen and oxygen atoms in total. The molecule has 0 unspecified atom stereocenters. The van der Waals surface area contributed by atoms with Gasteiger partial charge in [-0.3, -0.25) is 9.59 Å². The van der Waals surface area contributed by atoms with Crippen molar-refractivity contribution in [1.82, 2.24) is 0 Å². The maximum atomic E-state index is 12.6. The molecule has 0 aliphatic rings. The summed E-state index contributed by atoms with van der Waals surface area (Å²) in [7, 11) is 0. The first-order valence-corrected chi connectivity index (χ1v) is 8.78. The second kappa shape index (κ2) is 7.61. The number of esters is 1. The van der Waals surface area contributed by atoms with E-state index in [-0.39, 0.29) is 23.9 Å². The lowest BCUT2D eigenvalue weighted by molar-refractivity contribution is 0.0527. The van der Waals surface area contributed by atoms with Crippen molar-refractivity contribution in [3.63, 3.8) is 0 Å². The second-order valence-corrected chi connectivity index (χ2v) is 6.81. The molecule has 132 valence electrons. The summed E-state index contributed by atoms with van der Waals surface area (Å²) < 4.78 is 5.07. The second-order valence-electron chi connectivity index (χ2n) is 5.79. The van der Waals surface area contributed by atoms with Crippen molar-refractivity contribution in [2.75, 3.05) is 11.9 Å². The van der Waals surface area contributed by atoms with Crippen molar-refractivity contribution < 1.29 is 19.1 Å². The lowest BCUT2D eigenvalue weighted by Gasteiger charge is -2.08. The average molecular weight is 359 g/mol. The van der Waals surface area contributed by atoms with Crippen molar-refractivity contribution >= 4 is 34.0 Å². The maximum Gasteiger partial charge on any atom is 0.341 e. The molecule has 1 amide bonds. The predicted octanol–water partition coefficient (Wildman–Crippen LogP) is 4.30. The van der Waals surface area contributed by atoms with E-state index in [9.17, 15) is 14.4 Å². The maximum absolute atomic E-state index is 12.6. The largest absolute Gasteiger partial charge is 0.462 e. The van der Waals surface area contributed by atoms with E-state index < -0.39 is 5.97 Å². The van der Waals surface area contributed by atoms with Gasteiger partial charge in [-0.05, 0) is 63.4 Å². The van der Waals surface area contributed by atoms with Gasteiger partial charge in [0.1, 0.15) is 5.00 Å². The standard InChI is InChI=1S/C19H21NO4S/c1-6-24-19(23)15-12(4)16(13(5)21)25-18(15)20-17(22)14-8-7-10(2)11(3)9-14/h7-9H,6H2,1-5H3,(H,20,22). The number of hydrogen-bond acceptors (Lipinski definition) is 5. The van der Waals surface area contributed by atoms with Crippen LogP contribution in [-0.2, 0) is 4.74 Å². The Kier molecular flexibility index (Phi) is 5.74. The topological polar surface area (TPSA) is 72.5 Å². The molecular formula is C19H21NO4S. The first-order valence-electron chi connectivity index (χ1n) is 7.96. The summed E-state index contributed by atoms with van der Waals surface area (Å²) >= 11 is 1.10. The minimum Gasteiger partial charge on any atom is -0.462 e. The number of nitrogens with one attached hydrogen (secondary N) is 1. The van der Waals surface area contributed by atoms with E-state index >= 15 is 0 Å². The van der Waals surface area contributed by atoms with E-state index in [1.165, 1.54) is 6.92 Å². The lowest BCUT2D eigenvalue weighted by atomic mass is 10.1. The molecule has 0 saturated heterocycles. The SMILES string of the molecule is CCOC(=O)c1c(NC(=O)c2ccc(C)c(C)c2)sc(C(C)=O)c1C. The Labute approximate surface area is 151 Å². The number of anilines is 1. The number of Topliss-reactive ketones (excluding diaryl/α,β-unsaturated/α-hetero) is 1. The highest BCUT2D eigenvalue weighted by atomic mass is 32.1. The molecule has 0 saturated carbocycles. The summed E-state index contributed by atoms with van der Waals surface area (Å²) in [6.07, 6.45) is 0. The zero-order chi connectivity index (χ0) is 18.7. The van der Waals surface area contributed by atoms with Crippen LogP contribution in [0.1, 0.15) is 60.9 Å². The van der Waals surface area contributed by atoms with Crippen LogP contribution in [-0.4, -0.2) is 24.3 Å². The number of amides is 1. The smallest absolute Gasteiger partial charge is 0.341 e. The van der Waals surface area contributed by atoms with E-state index in [0.29, 0.717) is 21.0 Å². The molecule has 0 bridgehead atoms. The van der Waals surface area contributed by atoms with Crippen LogP contribution in [0.15, 0.2) is 18.2 Å². The van der Waals surface area contributed by atoms with Crippen LogP contribution in [0, 0.1) is 20.8 Å². The van der Waals surface area contributed by atoms with Crippen LogP contribution < -0.4 is 5.32 Å². The van der Waals surface area contributed by atoms with E-state index in [1.54, 1.807) is 26.0 Å². The zero-order valence-electron chi connectivity index (χ0n) is 15.0. The number of rotatable bonds is 5. The number of carbonyl (C=O) groups is 3. The quantitative estimate of drug-likeness (QED) is 0.638. The van der Waals surface area contributed by atoms with E-state index in [4.69, 9.17) is 4.74 Å². The molecule has 25 heavy (non-hydrogen) atoms. The molecule has 0 atom stereocenters. The molecule has 0 fully saturated rings. The van der Waals surface area contributed by atoms with Gasteiger partial charge in [0.25, 0.3) is 5.91 Å². The minimum absolute atomic E-state index is 0.153. The van der Waals surface area contributed by atoms with Crippen LogP contribution in [0.5, 0.6) is 0 Å². The van der Waals surface area contributed by atoms with Crippen LogP contribution in [0.4, 0.5) is 5.00 Å². The molecule has 2 rings (SSSR count). The monoisotopic (exact) mass is 359 g/mol. The highest BCUT2D eigenvalue weighted by molar-refractivity contribution is 7.18. The Morgan fingerprint density at radius 3 is 2.36 bits per heavy atom. The third-order valence-electron chi connectivity index (χ3n) is 3.94. The van der Waals surface area contributed by atoms with Crippen molar-refractivity contribution in [2.24, 2.45) is 0 Å². The van der Waals surface area contributed by atoms with Gasteiger partial charge in [0.2, 0.25) is 0 Å². The van der Waals surface area contributed by atoms with Crippen molar-refractivity contribution in [3.8, 4) is 0 Å². The molecule has 1 heterocycles. The normalized spacial score (nSPS) is 10.4. The first-order chi connectivity index (χ1) is 11.8. The Hall–Kier alpha value is -2.47. The number of thiophene rings is 1. The Bertz CT molecular complexity index is 851. The number of benzene rings is 1. The van der Waals surface area contributed by atoms with Crippen LogP contribution in [0.25, 0.3) is 0 Å². The number of aryl methyl sites for hydroxylation is 2. The third-order valence-corrected chi connectivity index (χ3v) is 5.25. The van der Waals surface area contributed by atoms with Crippen LogP contribution in [0.2, 0.25) is 0 Å². The Balaban J connectivity index is 2.41. The number of ether oxygens (including phenoxy) is 1. The summed E-state index contributed by atoms with van der Waals surface area (Å²) in [6.45, 7) is 8.94. The molecule has 6 heteroatoms. The van der Waals surface area contributed by atoms with Gasteiger partial charge in [-0.25, -0.2) is 4.79 Å². The van der Waals surface area contributed by atoms with Gasteiger partial charge in [0.15, 0.2) is 5.78 Å². The summed E-state index contributed by atoms with van der Waals surface area (Å²) in [5.74, 6) is -1.02. The van der Waals surface area contributed by atoms with E-state index in [2.05, 4.69) is 5.32 Å². The van der Waals surface area contributed by atoms with Gasteiger partial charge < -0.3 is 10.1 Å². The fourth-order valence-corrected chi connectivity index (χ4v) is 3.53. The molecule has 0 spiro atoms. The fourth-order valence-electron chi connectivity index (χ4n) is 2.44. The van der Waals surface area contributed by atoms with Crippen molar-refractivity contribution in [2.45, 2.75) is 34.6 Å². The Morgan fingerprint density at radius 1 is 1.12 bits per heavy atom. The van der Waals surface area contributed by atoms with Gasteiger partial charge >= 0.3 is 5.97 Å². The zero-order valence-corrected chi connectivity index (χ0v) is 15.8. The fraction of sp³-hybridized carbons (Fsp3) is 0.316. The lowest BCUT2D eigenvalue weighted by Crippen LogP contribution is -2.15. The predicted molar refractivity (Wildman–Crippen MR) is 98.9 cm³/mol. The van der Waals surface area contributed by atoms with Gasteiger partial charge in [0.05, 0.1) is 17.0 Å². The molecule has 0 radical (unpaired) electrons. The third kappa shape index (κ3) is 3.96. The van der Waals surface area contributed by atoms with Crippen molar-refractivity contribution in [1.29, 1.82) is 0 Å². The molecule has 1 aromatic carbocycles. The molecule has 1 N–H and O–H groups in total. The van der Waals surface area contributed by atoms with Crippen LogP contribution >= 0.6 is 11.3 Å². The molecule has 2 aromatic rings. The highest BCUT2D eigenvalue weighted by Crippen LogP contribution is 2.34. The summed E-state index contributed by atoms with van der Waals surface area (Å²) in [5, 5.41) is 3.09. The number of ketones is 1. The minimum atomic E-state index is -0.542. The van der Waals surface area contributed by atoms with Crippen LogP contribution in [0.3, 0.4) is 0 Å². The van der Waals surface area contributed by atoms with Gasteiger partial charge in [-0.2, -0.15) is 0 Å². The number of hydrogen-bond donors (Lipinski definition) is 1. The van der Waals surface area contributed by atoms with Crippen molar-refractivity contribution in [3.05, 3.63) is 50.9 Å². The van der Waals surface area contributed by atoms with E-state index in [0.717, 1.165) is 22.5 Å². The first kappa shape index (κ1) is 18.9. The van der Waals surface area contributed by atoms with E-state index in [1.807, 2.05) is 19.9 Å². The summed E-state index contributed by atoms with van der Waals surface area (Å²) in [5.41, 5.74) is 3.37. The Morgan fingerprint density at radius 2 is 1.80 bits per heavy atom. The summed E-state index contributed by atoms with van der Waals surface area (Å²) in [6, 6.07) is 5.40. The number of carbonyl (C=O) groups excluding carboxylic acids is 3. The summed E-state index contributed by atoms with van der Waals surface area (Å²) in [4.78, 5) is 37.1. The molecular weight excluding hydrogens is 338 g/mol. The molecule has 1 aromatic heterocycles. The van der Waals surface area contributed by atoms with Gasteiger partial charge in [-0.1, -0.05) is 6.07 Å².